The minimum atomic E-state index is -0.124. The molecule has 0 spiro atoms. The number of amides is 1. The van der Waals surface area contributed by atoms with Crippen LogP contribution >= 0.6 is 0 Å². The third kappa shape index (κ3) is 2.36. The summed E-state index contributed by atoms with van der Waals surface area (Å²) in [6, 6.07) is 9.33. The number of anilines is 1. The molecule has 4 nitrogen and oxygen atoms in total. The molecule has 0 aliphatic carbocycles. The molecule has 88 valence electrons. The first kappa shape index (κ1) is 11.4. The quantitative estimate of drug-likeness (QED) is 0.858. The molecule has 1 aromatic carbocycles. The molecule has 2 rings (SSSR count). The van der Waals surface area contributed by atoms with Crippen molar-refractivity contribution in [2.75, 3.05) is 5.32 Å². The number of nitrogens with one attached hydrogen (secondary N) is 1. The molecule has 0 aliphatic heterocycles. The predicted molar refractivity (Wildman–Crippen MR) is 67.1 cm³/mol. The number of benzene rings is 1. The maximum absolute atomic E-state index is 12.0. The Morgan fingerprint density at radius 2 is 2.00 bits per heavy atom. The maximum Gasteiger partial charge on any atom is 0.257 e. The topological polar surface area (TPSA) is 46.9 Å². The summed E-state index contributed by atoms with van der Waals surface area (Å²) in [5.41, 5.74) is 2.64. The number of carbonyl (C=O) groups excluding carboxylic acids is 1. The van der Waals surface area contributed by atoms with E-state index >= 15 is 0 Å². The highest BCUT2D eigenvalue weighted by atomic mass is 16.1. The van der Waals surface area contributed by atoms with Gasteiger partial charge in [-0.05, 0) is 25.5 Å². The van der Waals surface area contributed by atoms with E-state index in [1.807, 2.05) is 45.2 Å². The van der Waals surface area contributed by atoms with Crippen LogP contribution in [0.1, 0.15) is 21.6 Å². The second-order valence-electron chi connectivity index (χ2n) is 4.06. The van der Waals surface area contributed by atoms with E-state index in [-0.39, 0.29) is 5.91 Å². The van der Waals surface area contributed by atoms with Crippen molar-refractivity contribution >= 4 is 11.7 Å². The van der Waals surface area contributed by atoms with E-state index in [2.05, 4.69) is 10.4 Å². The van der Waals surface area contributed by atoms with Gasteiger partial charge in [-0.3, -0.25) is 9.48 Å². The largest absolute Gasteiger partial charge is 0.305 e. The second-order valence-corrected chi connectivity index (χ2v) is 4.06. The first-order valence-electron chi connectivity index (χ1n) is 5.45. The summed E-state index contributed by atoms with van der Waals surface area (Å²) >= 11 is 0. The van der Waals surface area contributed by atoms with Gasteiger partial charge >= 0.3 is 0 Å². The minimum Gasteiger partial charge on any atom is -0.305 e. The lowest BCUT2D eigenvalue weighted by atomic mass is 10.1. The predicted octanol–water partition coefficient (Wildman–Crippen LogP) is 2.29. The Hall–Kier alpha value is -2.10. The molecular weight excluding hydrogens is 214 g/mol. The molecule has 0 unspecified atom stereocenters. The highest BCUT2D eigenvalue weighted by molar-refractivity contribution is 6.04. The lowest BCUT2D eigenvalue weighted by Gasteiger charge is -2.04. The number of hydrogen-bond acceptors (Lipinski definition) is 2. The van der Waals surface area contributed by atoms with Crippen LogP contribution in [0.4, 0.5) is 5.82 Å². The Morgan fingerprint density at radius 1 is 1.29 bits per heavy atom. The summed E-state index contributed by atoms with van der Waals surface area (Å²) < 4.78 is 1.73. The van der Waals surface area contributed by atoms with E-state index in [1.165, 1.54) is 0 Å². The van der Waals surface area contributed by atoms with Gasteiger partial charge in [-0.1, -0.05) is 18.2 Å². The molecule has 1 heterocycles. The zero-order valence-corrected chi connectivity index (χ0v) is 10.2. The molecule has 1 N–H and O–H groups in total. The number of rotatable bonds is 2. The number of nitrogens with zero attached hydrogens (tertiary/aromatic N) is 2. The third-order valence-electron chi connectivity index (χ3n) is 2.75. The van der Waals surface area contributed by atoms with Crippen LogP contribution in [-0.2, 0) is 7.05 Å². The minimum absolute atomic E-state index is 0.124. The van der Waals surface area contributed by atoms with E-state index in [9.17, 15) is 4.79 Å². The fraction of sp³-hybridized carbons (Fsp3) is 0.231. The van der Waals surface area contributed by atoms with Gasteiger partial charge in [0.05, 0.1) is 0 Å². The average molecular weight is 229 g/mol. The molecule has 0 aliphatic rings. The molecule has 0 radical (unpaired) electrons. The zero-order chi connectivity index (χ0) is 12.4. The third-order valence-corrected chi connectivity index (χ3v) is 2.75. The van der Waals surface area contributed by atoms with Gasteiger partial charge in [0.25, 0.3) is 5.91 Å². The van der Waals surface area contributed by atoms with Gasteiger partial charge < -0.3 is 5.32 Å². The Bertz CT molecular complexity index is 538. The van der Waals surface area contributed by atoms with Crippen LogP contribution in [-0.4, -0.2) is 15.7 Å². The van der Waals surface area contributed by atoms with Gasteiger partial charge in [-0.2, -0.15) is 5.10 Å². The molecule has 0 fully saturated rings. The summed E-state index contributed by atoms with van der Waals surface area (Å²) in [6.45, 7) is 3.86. The summed E-state index contributed by atoms with van der Waals surface area (Å²) in [6.07, 6.45) is 0. The Labute approximate surface area is 100 Å². The van der Waals surface area contributed by atoms with Crippen LogP contribution in [0.3, 0.4) is 0 Å². The van der Waals surface area contributed by atoms with Gasteiger partial charge in [0.15, 0.2) is 5.82 Å². The van der Waals surface area contributed by atoms with Crippen molar-refractivity contribution in [3.8, 4) is 0 Å². The summed E-state index contributed by atoms with van der Waals surface area (Å²) in [5, 5.41) is 6.98. The number of hydrogen-bond donors (Lipinski definition) is 1. The molecule has 17 heavy (non-hydrogen) atoms. The van der Waals surface area contributed by atoms with Crippen LogP contribution < -0.4 is 5.32 Å². The Kier molecular flexibility index (Phi) is 2.95. The lowest BCUT2D eigenvalue weighted by Crippen LogP contribution is -2.13. The SMILES string of the molecule is Cc1ccccc1C(=O)Nc1cc(C)n(C)n1. The number of carbonyl (C=O) groups is 1. The van der Waals surface area contributed by atoms with Crippen LogP contribution in [0.5, 0.6) is 0 Å². The molecule has 1 amide bonds. The van der Waals surface area contributed by atoms with E-state index in [4.69, 9.17) is 0 Å². The molecule has 0 saturated heterocycles. The molecule has 0 saturated carbocycles. The highest BCUT2D eigenvalue weighted by Crippen LogP contribution is 2.11. The second kappa shape index (κ2) is 4.41. The zero-order valence-electron chi connectivity index (χ0n) is 10.2. The Balaban J connectivity index is 2.20. The van der Waals surface area contributed by atoms with Gasteiger partial charge in [0.2, 0.25) is 0 Å². The van der Waals surface area contributed by atoms with E-state index < -0.39 is 0 Å². The van der Waals surface area contributed by atoms with Crippen LogP contribution in [0.25, 0.3) is 0 Å². The highest BCUT2D eigenvalue weighted by Gasteiger charge is 2.10. The van der Waals surface area contributed by atoms with Crippen molar-refractivity contribution in [3.05, 3.63) is 47.2 Å². The summed E-state index contributed by atoms with van der Waals surface area (Å²) in [7, 11) is 1.85. The van der Waals surface area contributed by atoms with Gasteiger partial charge in [0.1, 0.15) is 0 Å². The summed E-state index contributed by atoms with van der Waals surface area (Å²) in [4.78, 5) is 12.0. The molecule has 0 bridgehead atoms. The van der Waals surface area contributed by atoms with Gasteiger partial charge in [0, 0.05) is 24.4 Å². The van der Waals surface area contributed by atoms with Crippen molar-refractivity contribution in [3.63, 3.8) is 0 Å². The first-order chi connectivity index (χ1) is 8.08. The summed E-state index contributed by atoms with van der Waals surface area (Å²) in [5.74, 6) is 0.458. The monoisotopic (exact) mass is 229 g/mol. The van der Waals surface area contributed by atoms with E-state index in [1.54, 1.807) is 10.7 Å². The van der Waals surface area contributed by atoms with Crippen molar-refractivity contribution in [1.29, 1.82) is 0 Å². The molecule has 1 aromatic heterocycles. The molecular formula is C13H15N3O. The normalized spacial score (nSPS) is 10.3. The van der Waals surface area contributed by atoms with E-state index in [0.29, 0.717) is 11.4 Å². The van der Waals surface area contributed by atoms with Crippen LogP contribution in [0, 0.1) is 13.8 Å². The number of aryl methyl sites for hydroxylation is 3. The van der Waals surface area contributed by atoms with Crippen LogP contribution in [0.2, 0.25) is 0 Å². The van der Waals surface area contributed by atoms with Crippen molar-refractivity contribution < 1.29 is 4.79 Å². The van der Waals surface area contributed by atoms with Crippen molar-refractivity contribution in [2.24, 2.45) is 7.05 Å². The average Bonchev–Trinajstić information content (AvgIpc) is 2.58. The standard InChI is InChI=1S/C13H15N3O/c1-9-6-4-5-7-11(9)13(17)14-12-8-10(2)16(3)15-12/h4-8H,1-3H3,(H,14,15,17). The fourth-order valence-corrected chi connectivity index (χ4v) is 1.63. The smallest absolute Gasteiger partial charge is 0.257 e. The maximum atomic E-state index is 12.0. The fourth-order valence-electron chi connectivity index (χ4n) is 1.63. The van der Waals surface area contributed by atoms with Crippen molar-refractivity contribution in [1.82, 2.24) is 9.78 Å². The lowest BCUT2D eigenvalue weighted by molar-refractivity contribution is 0.102. The van der Waals surface area contributed by atoms with Gasteiger partial charge in [-0.25, -0.2) is 0 Å². The van der Waals surface area contributed by atoms with Gasteiger partial charge in [-0.15, -0.1) is 0 Å². The molecule has 2 aromatic rings. The molecule has 0 atom stereocenters. The Morgan fingerprint density at radius 3 is 2.59 bits per heavy atom. The molecule has 4 heteroatoms. The van der Waals surface area contributed by atoms with E-state index in [0.717, 1.165) is 11.3 Å². The first-order valence-corrected chi connectivity index (χ1v) is 5.45. The van der Waals surface area contributed by atoms with Crippen LogP contribution in [0.15, 0.2) is 30.3 Å². The number of aromatic nitrogens is 2. The van der Waals surface area contributed by atoms with Crippen molar-refractivity contribution in [2.45, 2.75) is 13.8 Å².